The van der Waals surface area contributed by atoms with Gasteiger partial charge in [-0.15, -0.1) is 0 Å². The predicted molar refractivity (Wildman–Crippen MR) is 158 cm³/mol. The van der Waals surface area contributed by atoms with Crippen LogP contribution in [0, 0.1) is 0 Å². The number of carboxylic acid groups (broad SMARTS) is 1. The van der Waals surface area contributed by atoms with E-state index in [9.17, 15) is 29.4 Å². The third-order valence-electron chi connectivity index (χ3n) is 6.32. The van der Waals surface area contributed by atoms with Crippen molar-refractivity contribution in [3.05, 3.63) is 36.0 Å². The number of carbonyl (C=O) groups is 4. The quantitative estimate of drug-likeness (QED) is 0.0600. The highest BCUT2D eigenvalue weighted by Gasteiger charge is 2.32. The van der Waals surface area contributed by atoms with Gasteiger partial charge in [0.05, 0.1) is 12.1 Å². The lowest BCUT2D eigenvalue weighted by Gasteiger charge is -2.26. The molecule has 0 bridgehead atoms. The van der Waals surface area contributed by atoms with Crippen molar-refractivity contribution in [2.75, 3.05) is 18.6 Å². The third kappa shape index (κ3) is 10.6. The number of thioether (sulfide) groups is 1. The Hall–Kier alpha value is -3.82. The molecule has 1 aromatic heterocycles. The summed E-state index contributed by atoms with van der Waals surface area (Å²) in [6, 6.07) is 2.61. The molecule has 1 heterocycles. The third-order valence-corrected chi connectivity index (χ3v) is 6.97. The molecule has 0 aliphatic rings. The lowest BCUT2D eigenvalue weighted by atomic mass is 10.0. The van der Waals surface area contributed by atoms with Crippen LogP contribution in [0.4, 0.5) is 0 Å². The number of para-hydroxylation sites is 1. The molecule has 41 heavy (non-hydrogen) atoms. The molecule has 15 heteroatoms. The first-order valence-electron chi connectivity index (χ1n) is 13.1. The molecule has 14 nitrogen and oxygen atoms in total. The summed E-state index contributed by atoms with van der Waals surface area (Å²) in [5.74, 6) is -3.03. The maximum Gasteiger partial charge on any atom is 0.326 e. The molecule has 2 aromatic rings. The summed E-state index contributed by atoms with van der Waals surface area (Å²) in [5, 5.41) is 28.4. The predicted octanol–water partition coefficient (Wildman–Crippen LogP) is -1.24. The van der Waals surface area contributed by atoms with Crippen LogP contribution in [0.15, 0.2) is 35.5 Å². The summed E-state index contributed by atoms with van der Waals surface area (Å²) < 4.78 is 0. The maximum absolute atomic E-state index is 13.2. The zero-order valence-electron chi connectivity index (χ0n) is 23.1. The van der Waals surface area contributed by atoms with E-state index in [2.05, 4.69) is 25.9 Å². The maximum atomic E-state index is 13.2. The van der Waals surface area contributed by atoms with Crippen LogP contribution in [0.2, 0.25) is 0 Å². The number of hydrogen-bond donors (Lipinski definition) is 9. The van der Waals surface area contributed by atoms with Crippen molar-refractivity contribution in [1.29, 1.82) is 0 Å². The molecule has 0 radical (unpaired) electrons. The van der Waals surface area contributed by atoms with E-state index in [1.165, 1.54) is 18.7 Å². The Morgan fingerprint density at radius 1 is 1.02 bits per heavy atom. The molecule has 0 saturated carbocycles. The summed E-state index contributed by atoms with van der Waals surface area (Å²) in [5.41, 5.74) is 18.0. The molecular weight excluding hydrogens is 552 g/mol. The molecule has 0 saturated heterocycles. The van der Waals surface area contributed by atoms with Gasteiger partial charge in [0.25, 0.3) is 0 Å². The summed E-state index contributed by atoms with van der Waals surface area (Å²) in [6.45, 7) is 1.58. The van der Waals surface area contributed by atoms with Crippen molar-refractivity contribution in [1.82, 2.24) is 20.9 Å². The van der Waals surface area contributed by atoms with E-state index >= 15 is 0 Å². The molecule has 12 N–H and O–H groups in total. The molecule has 5 atom stereocenters. The lowest BCUT2D eigenvalue weighted by molar-refractivity contribution is -0.142. The minimum Gasteiger partial charge on any atom is -0.480 e. The molecule has 226 valence electrons. The van der Waals surface area contributed by atoms with Gasteiger partial charge in [0.1, 0.15) is 18.1 Å². The topological polar surface area (TPSA) is 251 Å². The van der Waals surface area contributed by atoms with E-state index in [4.69, 9.17) is 17.2 Å². The van der Waals surface area contributed by atoms with Crippen molar-refractivity contribution in [3.8, 4) is 0 Å². The number of nitrogens with zero attached hydrogens (tertiary/aromatic N) is 1. The van der Waals surface area contributed by atoms with Crippen LogP contribution in [0.5, 0.6) is 0 Å². The van der Waals surface area contributed by atoms with Crippen LogP contribution in [0.1, 0.15) is 31.7 Å². The average Bonchev–Trinajstić information content (AvgIpc) is 3.33. The number of rotatable bonds is 17. The standard InChI is InChI=1S/C26H40N8O6S/c1-14(35)21(34-22(36)17(27)7-5-10-30-26(28)29)24(38)32-19(9-11-41-2)23(37)33-20(25(39)40)12-15-13-31-18-8-4-3-6-16(15)18/h3-4,6,8,13-14,17,19-21,31,35H,5,7,9-12,27H2,1-2H3,(H,32,38)(H,33,37)(H,34,36)(H,39,40)(H4,28,29,30). The van der Waals surface area contributed by atoms with Crippen molar-refractivity contribution < 1.29 is 29.4 Å². The summed E-state index contributed by atoms with van der Waals surface area (Å²) in [6.07, 6.45) is 3.04. The fourth-order valence-electron chi connectivity index (χ4n) is 4.07. The Kier molecular flexibility index (Phi) is 13.4. The number of guanidine groups is 1. The number of hydrogen-bond acceptors (Lipinski definition) is 8. The van der Waals surface area contributed by atoms with Gasteiger partial charge in [0, 0.05) is 30.1 Å². The number of nitrogens with two attached hydrogens (primary N) is 3. The highest BCUT2D eigenvalue weighted by atomic mass is 32.2. The number of H-pyrrole nitrogens is 1. The number of aliphatic carboxylic acids is 1. The van der Waals surface area contributed by atoms with Crippen LogP contribution in [0.25, 0.3) is 10.9 Å². The number of carboxylic acids is 1. The Balaban J connectivity index is 2.09. The summed E-state index contributed by atoms with van der Waals surface area (Å²) >= 11 is 1.43. The number of aliphatic imine (C=N–C) groups is 1. The first-order valence-corrected chi connectivity index (χ1v) is 14.5. The highest BCUT2D eigenvalue weighted by Crippen LogP contribution is 2.19. The zero-order chi connectivity index (χ0) is 30.5. The molecule has 5 unspecified atom stereocenters. The number of fused-ring (bicyclic) bond motifs is 1. The summed E-state index contributed by atoms with van der Waals surface area (Å²) in [7, 11) is 0. The van der Waals surface area contributed by atoms with Gasteiger partial charge in [0.2, 0.25) is 17.7 Å². The van der Waals surface area contributed by atoms with Crippen molar-refractivity contribution >= 4 is 52.3 Å². The Morgan fingerprint density at radius 2 is 1.71 bits per heavy atom. The second-order valence-corrected chi connectivity index (χ2v) is 10.6. The number of aliphatic hydroxyl groups excluding tert-OH is 1. The fraction of sp³-hybridized carbons (Fsp3) is 0.500. The number of benzene rings is 1. The van der Waals surface area contributed by atoms with Crippen LogP contribution < -0.4 is 33.2 Å². The van der Waals surface area contributed by atoms with Gasteiger partial charge < -0.3 is 48.3 Å². The van der Waals surface area contributed by atoms with Crippen molar-refractivity contribution in [2.24, 2.45) is 22.2 Å². The molecule has 0 aliphatic heterocycles. The van der Waals surface area contributed by atoms with Crippen LogP contribution in [0.3, 0.4) is 0 Å². The van der Waals surface area contributed by atoms with Crippen LogP contribution >= 0.6 is 11.8 Å². The van der Waals surface area contributed by atoms with Crippen LogP contribution in [-0.4, -0.2) is 93.7 Å². The fourth-order valence-corrected chi connectivity index (χ4v) is 4.55. The Bertz CT molecular complexity index is 1220. The molecule has 1 aromatic carbocycles. The second kappa shape index (κ2) is 16.4. The molecule has 0 fully saturated rings. The molecule has 0 spiro atoms. The molecular formula is C26H40N8O6S. The SMILES string of the molecule is CSCCC(NC(=O)C(NC(=O)C(N)CCCN=C(N)N)C(C)O)C(=O)NC(Cc1c[nH]c2ccccc12)C(=O)O. The van der Waals surface area contributed by atoms with E-state index in [1.807, 2.05) is 30.5 Å². The number of carbonyl (C=O) groups excluding carboxylic acids is 3. The van der Waals surface area contributed by atoms with Gasteiger partial charge in [-0.2, -0.15) is 11.8 Å². The van der Waals surface area contributed by atoms with E-state index in [0.29, 0.717) is 17.7 Å². The normalized spacial score (nSPS) is 14.7. The summed E-state index contributed by atoms with van der Waals surface area (Å²) in [4.78, 5) is 57.8. The molecule has 2 rings (SSSR count). The highest BCUT2D eigenvalue weighted by molar-refractivity contribution is 7.98. The van der Waals surface area contributed by atoms with Crippen molar-refractivity contribution in [2.45, 2.75) is 62.9 Å². The molecule has 0 aliphatic carbocycles. The van der Waals surface area contributed by atoms with Gasteiger partial charge in [0.15, 0.2) is 5.96 Å². The number of aromatic amines is 1. The Labute approximate surface area is 242 Å². The number of aliphatic hydroxyl groups is 1. The number of amides is 3. The number of aromatic nitrogens is 1. The minimum absolute atomic E-state index is 0.0156. The smallest absolute Gasteiger partial charge is 0.326 e. The largest absolute Gasteiger partial charge is 0.480 e. The van der Waals surface area contributed by atoms with Gasteiger partial charge in [-0.05, 0) is 49.8 Å². The van der Waals surface area contributed by atoms with Gasteiger partial charge in [-0.1, -0.05) is 18.2 Å². The van der Waals surface area contributed by atoms with Crippen molar-refractivity contribution in [3.63, 3.8) is 0 Å². The minimum atomic E-state index is -1.41. The monoisotopic (exact) mass is 592 g/mol. The van der Waals surface area contributed by atoms with E-state index in [0.717, 1.165) is 10.9 Å². The first kappa shape index (κ1) is 33.4. The molecule has 3 amide bonds. The number of nitrogens with one attached hydrogen (secondary N) is 4. The second-order valence-electron chi connectivity index (χ2n) is 9.59. The van der Waals surface area contributed by atoms with Crippen LogP contribution in [-0.2, 0) is 25.6 Å². The Morgan fingerprint density at radius 3 is 2.34 bits per heavy atom. The van der Waals surface area contributed by atoms with Gasteiger partial charge in [-0.3, -0.25) is 19.4 Å². The average molecular weight is 593 g/mol. The van der Waals surface area contributed by atoms with E-state index in [1.54, 1.807) is 6.20 Å². The first-order chi connectivity index (χ1) is 19.4. The lowest BCUT2D eigenvalue weighted by Crippen LogP contribution is -2.60. The van der Waals surface area contributed by atoms with Gasteiger partial charge >= 0.3 is 5.97 Å². The van der Waals surface area contributed by atoms with E-state index in [-0.39, 0.29) is 31.8 Å². The zero-order valence-corrected chi connectivity index (χ0v) is 23.9. The van der Waals surface area contributed by atoms with Gasteiger partial charge in [-0.25, -0.2) is 4.79 Å². The van der Waals surface area contributed by atoms with E-state index < -0.39 is 54.0 Å².